The number of nitriles is 1. The summed E-state index contributed by atoms with van der Waals surface area (Å²) in [6, 6.07) is 9.40. The molecule has 0 radical (unpaired) electrons. The number of aromatic nitrogens is 3. The molecule has 1 N–H and O–H groups in total. The van der Waals surface area contributed by atoms with Gasteiger partial charge in [0.2, 0.25) is 6.79 Å². The number of nitrogens with zero attached hydrogens (tertiary/aromatic N) is 4. The van der Waals surface area contributed by atoms with Crippen LogP contribution in [0, 0.1) is 11.3 Å². The maximum absolute atomic E-state index is 9.15. The monoisotopic (exact) mass is 327 g/mol. The average molecular weight is 328 g/mol. The van der Waals surface area contributed by atoms with Crippen molar-refractivity contribution in [2.24, 2.45) is 0 Å². The molecule has 3 heterocycles. The van der Waals surface area contributed by atoms with Crippen LogP contribution in [0.1, 0.15) is 11.3 Å². The van der Waals surface area contributed by atoms with E-state index in [2.05, 4.69) is 21.5 Å². The molecule has 4 rings (SSSR count). The summed E-state index contributed by atoms with van der Waals surface area (Å²) in [5, 5.41) is 16.6. The van der Waals surface area contributed by atoms with Crippen LogP contribution in [0.2, 0.25) is 0 Å². The molecule has 0 saturated carbocycles. The van der Waals surface area contributed by atoms with Gasteiger partial charge in [0.1, 0.15) is 17.5 Å². The molecule has 2 aromatic heterocycles. The lowest BCUT2D eigenvalue weighted by molar-refractivity contribution is 0.174. The van der Waals surface area contributed by atoms with Crippen molar-refractivity contribution in [2.45, 2.75) is 5.88 Å². The van der Waals surface area contributed by atoms with Crippen molar-refractivity contribution in [3.63, 3.8) is 0 Å². The third-order valence-corrected chi connectivity index (χ3v) is 3.70. The van der Waals surface area contributed by atoms with Crippen LogP contribution in [-0.2, 0) is 5.88 Å². The van der Waals surface area contributed by atoms with Crippen molar-refractivity contribution < 1.29 is 9.47 Å². The van der Waals surface area contributed by atoms with E-state index in [-0.39, 0.29) is 12.7 Å². The van der Waals surface area contributed by atoms with Gasteiger partial charge in [0.25, 0.3) is 0 Å². The van der Waals surface area contributed by atoms with E-state index in [9.17, 15) is 0 Å². The normalized spacial score (nSPS) is 12.3. The van der Waals surface area contributed by atoms with E-state index in [0.29, 0.717) is 34.2 Å². The Kier molecular flexibility index (Phi) is 3.17. The summed E-state index contributed by atoms with van der Waals surface area (Å²) in [6.07, 6.45) is 1.48. The Balaban J connectivity index is 1.79. The van der Waals surface area contributed by atoms with Gasteiger partial charge in [-0.15, -0.1) is 11.6 Å². The van der Waals surface area contributed by atoms with E-state index in [1.54, 1.807) is 10.6 Å². The second kappa shape index (κ2) is 5.34. The molecule has 0 fully saturated rings. The quantitative estimate of drug-likeness (QED) is 0.745. The van der Waals surface area contributed by atoms with Gasteiger partial charge in [-0.3, -0.25) is 0 Å². The largest absolute Gasteiger partial charge is 0.454 e. The molecule has 1 aromatic carbocycles. The Labute approximate surface area is 136 Å². The van der Waals surface area contributed by atoms with Gasteiger partial charge < -0.3 is 14.8 Å². The maximum atomic E-state index is 9.15. The number of fused-ring (bicyclic) bond motifs is 2. The van der Waals surface area contributed by atoms with Crippen LogP contribution in [0.25, 0.3) is 5.65 Å². The van der Waals surface area contributed by atoms with Gasteiger partial charge in [0.05, 0.1) is 17.8 Å². The molecular formula is C15H10ClN5O2. The van der Waals surface area contributed by atoms with Crippen LogP contribution in [0.4, 0.5) is 11.5 Å². The highest BCUT2D eigenvalue weighted by molar-refractivity contribution is 6.16. The zero-order valence-corrected chi connectivity index (χ0v) is 12.5. The van der Waals surface area contributed by atoms with Gasteiger partial charge in [-0.1, -0.05) is 0 Å². The molecule has 0 saturated heterocycles. The minimum Gasteiger partial charge on any atom is -0.454 e. The number of hydrogen-bond acceptors (Lipinski definition) is 6. The van der Waals surface area contributed by atoms with E-state index < -0.39 is 0 Å². The van der Waals surface area contributed by atoms with Gasteiger partial charge >= 0.3 is 0 Å². The van der Waals surface area contributed by atoms with E-state index in [1.807, 2.05) is 18.2 Å². The fourth-order valence-corrected chi connectivity index (χ4v) is 2.51. The van der Waals surface area contributed by atoms with Crippen LogP contribution in [0.5, 0.6) is 11.5 Å². The Bertz CT molecular complexity index is 947. The first-order chi connectivity index (χ1) is 11.3. The second-order valence-electron chi connectivity index (χ2n) is 4.86. The number of alkyl halides is 1. The first-order valence-electron chi connectivity index (χ1n) is 6.79. The topological polar surface area (TPSA) is 84.5 Å². The summed E-state index contributed by atoms with van der Waals surface area (Å²) in [5.41, 5.74) is 2.32. The van der Waals surface area contributed by atoms with Gasteiger partial charge in [-0.25, -0.2) is 4.98 Å². The number of hydrogen-bond donors (Lipinski definition) is 1. The molecule has 7 nitrogen and oxygen atoms in total. The minimum absolute atomic E-state index is 0.222. The molecule has 23 heavy (non-hydrogen) atoms. The van der Waals surface area contributed by atoms with E-state index in [4.69, 9.17) is 26.3 Å². The first kappa shape index (κ1) is 13.7. The summed E-state index contributed by atoms with van der Waals surface area (Å²) < 4.78 is 12.2. The highest BCUT2D eigenvalue weighted by atomic mass is 35.5. The second-order valence-corrected chi connectivity index (χ2v) is 5.13. The van der Waals surface area contributed by atoms with E-state index >= 15 is 0 Å². The maximum Gasteiger partial charge on any atom is 0.231 e. The van der Waals surface area contributed by atoms with Crippen LogP contribution in [-0.4, -0.2) is 21.4 Å². The molecule has 0 aliphatic carbocycles. The highest BCUT2D eigenvalue weighted by Gasteiger charge is 2.15. The summed E-state index contributed by atoms with van der Waals surface area (Å²) in [4.78, 5) is 4.35. The van der Waals surface area contributed by atoms with Crippen LogP contribution >= 0.6 is 11.6 Å². The number of benzene rings is 1. The smallest absolute Gasteiger partial charge is 0.231 e. The van der Waals surface area contributed by atoms with Gasteiger partial charge in [-0.05, 0) is 12.1 Å². The van der Waals surface area contributed by atoms with E-state index in [0.717, 1.165) is 5.69 Å². The third-order valence-electron chi connectivity index (χ3n) is 3.43. The average Bonchev–Trinajstić information content (AvgIpc) is 3.20. The third kappa shape index (κ3) is 2.29. The Morgan fingerprint density at radius 3 is 3.00 bits per heavy atom. The number of ether oxygens (including phenoxy) is 2. The molecule has 0 atom stereocenters. The molecule has 0 spiro atoms. The number of halogens is 1. The molecule has 0 unspecified atom stereocenters. The van der Waals surface area contributed by atoms with Crippen molar-refractivity contribution in [1.29, 1.82) is 5.26 Å². The lowest BCUT2D eigenvalue weighted by Gasteiger charge is -2.10. The van der Waals surface area contributed by atoms with Crippen molar-refractivity contribution in [2.75, 3.05) is 12.1 Å². The fraction of sp³-hybridized carbons (Fsp3) is 0.133. The van der Waals surface area contributed by atoms with Gasteiger partial charge in [0, 0.05) is 17.8 Å². The Morgan fingerprint density at radius 2 is 2.17 bits per heavy atom. The van der Waals surface area contributed by atoms with Crippen LogP contribution in [0.3, 0.4) is 0 Å². The molecule has 1 aliphatic rings. The zero-order chi connectivity index (χ0) is 15.8. The Hall–Kier alpha value is -2.98. The summed E-state index contributed by atoms with van der Waals surface area (Å²) in [7, 11) is 0. The number of rotatable bonds is 3. The molecule has 8 heteroatoms. The van der Waals surface area contributed by atoms with E-state index in [1.165, 1.54) is 6.20 Å². The Morgan fingerprint density at radius 1 is 1.30 bits per heavy atom. The van der Waals surface area contributed by atoms with Crippen LogP contribution in [0.15, 0.2) is 30.5 Å². The van der Waals surface area contributed by atoms with Crippen molar-refractivity contribution in [3.05, 3.63) is 41.7 Å². The first-order valence-corrected chi connectivity index (χ1v) is 7.32. The SMILES string of the molecule is N#Cc1cnn2c(Nc3ccc4c(c3)OCO4)cc(CCl)nc12. The lowest BCUT2D eigenvalue weighted by Crippen LogP contribution is -2.03. The molecule has 3 aromatic rings. The van der Waals surface area contributed by atoms with Crippen LogP contribution < -0.4 is 14.8 Å². The lowest BCUT2D eigenvalue weighted by atomic mass is 10.2. The molecule has 1 aliphatic heterocycles. The zero-order valence-electron chi connectivity index (χ0n) is 11.8. The number of anilines is 2. The molecule has 0 bridgehead atoms. The predicted molar refractivity (Wildman–Crippen MR) is 83.1 cm³/mol. The molecular weight excluding hydrogens is 318 g/mol. The van der Waals surface area contributed by atoms with Gasteiger partial charge in [0.15, 0.2) is 17.1 Å². The summed E-state index contributed by atoms with van der Waals surface area (Å²) in [6.45, 7) is 0.222. The summed E-state index contributed by atoms with van der Waals surface area (Å²) >= 11 is 5.90. The fourth-order valence-electron chi connectivity index (χ4n) is 2.37. The minimum atomic E-state index is 0.222. The van der Waals surface area contributed by atoms with Crippen molar-refractivity contribution in [1.82, 2.24) is 14.6 Å². The highest BCUT2D eigenvalue weighted by Crippen LogP contribution is 2.35. The molecule has 0 amide bonds. The van der Waals surface area contributed by atoms with Gasteiger partial charge in [-0.2, -0.15) is 14.9 Å². The standard InChI is InChI=1S/C15H10ClN5O2/c16-5-11-4-14(21-15(20-11)9(6-17)7-18-21)19-10-1-2-12-13(3-10)23-8-22-12/h1-4,7,19H,5,8H2. The van der Waals surface area contributed by atoms with Crippen molar-refractivity contribution in [3.8, 4) is 17.6 Å². The number of nitrogens with one attached hydrogen (secondary N) is 1. The van der Waals surface area contributed by atoms with Crippen molar-refractivity contribution >= 4 is 28.8 Å². The molecule has 114 valence electrons. The predicted octanol–water partition coefficient (Wildman–Crippen LogP) is 2.81. The summed E-state index contributed by atoms with van der Waals surface area (Å²) in [5.74, 6) is 2.28.